The maximum absolute atomic E-state index is 12.3. The molecule has 1 atom stereocenters. The number of carbonyl (C=O) groups excluding carboxylic acids is 1. The quantitative estimate of drug-likeness (QED) is 0.837. The lowest BCUT2D eigenvalue weighted by Crippen LogP contribution is -2.49. The van der Waals surface area contributed by atoms with Crippen LogP contribution in [0.4, 0.5) is 4.79 Å². The molecule has 0 spiro atoms. The lowest BCUT2D eigenvalue weighted by atomic mass is 10.1. The molecule has 19 heavy (non-hydrogen) atoms. The predicted molar refractivity (Wildman–Crippen MR) is 72.0 cm³/mol. The zero-order valence-corrected chi connectivity index (χ0v) is 11.7. The summed E-state index contributed by atoms with van der Waals surface area (Å²) >= 11 is 0. The van der Waals surface area contributed by atoms with E-state index in [0.29, 0.717) is 26.3 Å². The van der Waals surface area contributed by atoms with Gasteiger partial charge in [0, 0.05) is 32.6 Å². The number of hydrogen-bond acceptors (Lipinski definition) is 3. The van der Waals surface area contributed by atoms with Gasteiger partial charge in [-0.1, -0.05) is 0 Å². The Kier molecular flexibility index (Phi) is 4.85. The lowest BCUT2D eigenvalue weighted by Gasteiger charge is -2.33. The van der Waals surface area contributed by atoms with Gasteiger partial charge >= 0.3 is 6.03 Å². The number of ether oxygens (including phenoxy) is 1. The molecule has 1 aliphatic heterocycles. The molecule has 1 aliphatic rings. The van der Waals surface area contributed by atoms with Crippen LogP contribution >= 0.6 is 0 Å². The van der Waals surface area contributed by atoms with Crippen molar-refractivity contribution < 1.29 is 13.9 Å². The topological polar surface area (TPSA) is 45.9 Å². The number of morpholine rings is 1. The summed E-state index contributed by atoms with van der Waals surface area (Å²) in [5, 5.41) is 0. The van der Waals surface area contributed by atoms with Crippen molar-refractivity contribution in [1.29, 1.82) is 0 Å². The molecule has 1 saturated heterocycles. The number of amides is 2. The van der Waals surface area contributed by atoms with Crippen LogP contribution in [0.3, 0.4) is 0 Å². The van der Waals surface area contributed by atoms with Crippen molar-refractivity contribution in [3.8, 4) is 0 Å². The summed E-state index contributed by atoms with van der Waals surface area (Å²) in [6.07, 6.45) is 3.44. The highest BCUT2D eigenvalue weighted by atomic mass is 16.5. The summed E-state index contributed by atoms with van der Waals surface area (Å²) in [7, 11) is 1.87. The molecule has 0 saturated carbocycles. The fourth-order valence-corrected chi connectivity index (χ4v) is 2.17. The lowest BCUT2D eigenvalue weighted by molar-refractivity contribution is 0.0423. The first-order valence-corrected chi connectivity index (χ1v) is 6.80. The number of urea groups is 1. The van der Waals surface area contributed by atoms with Gasteiger partial charge in [0.25, 0.3) is 0 Å². The Morgan fingerprint density at radius 1 is 1.47 bits per heavy atom. The van der Waals surface area contributed by atoms with Gasteiger partial charge in [0.15, 0.2) is 0 Å². The molecule has 2 rings (SSSR count). The molecule has 0 N–H and O–H groups in total. The van der Waals surface area contributed by atoms with Crippen molar-refractivity contribution in [3.63, 3.8) is 0 Å². The smallest absolute Gasteiger partial charge is 0.320 e. The van der Waals surface area contributed by atoms with E-state index in [2.05, 4.69) is 6.92 Å². The Balaban J connectivity index is 1.80. The van der Waals surface area contributed by atoms with Gasteiger partial charge in [0.2, 0.25) is 0 Å². The highest BCUT2D eigenvalue weighted by Crippen LogP contribution is 2.11. The van der Waals surface area contributed by atoms with Gasteiger partial charge in [-0.15, -0.1) is 0 Å². The van der Waals surface area contributed by atoms with E-state index < -0.39 is 0 Å². The van der Waals surface area contributed by atoms with Crippen LogP contribution in [0.5, 0.6) is 0 Å². The molecular weight excluding hydrogens is 244 g/mol. The minimum absolute atomic E-state index is 0.0928. The van der Waals surface area contributed by atoms with Crippen molar-refractivity contribution >= 4 is 6.03 Å². The summed E-state index contributed by atoms with van der Waals surface area (Å²) in [5.74, 6) is 0.971. The molecule has 1 fully saturated rings. The maximum Gasteiger partial charge on any atom is 0.320 e. The van der Waals surface area contributed by atoms with E-state index in [4.69, 9.17) is 9.15 Å². The summed E-state index contributed by atoms with van der Waals surface area (Å²) in [5.41, 5.74) is 0. The molecule has 0 aliphatic carbocycles. The molecule has 1 aromatic heterocycles. The number of rotatable bonds is 4. The minimum atomic E-state index is 0.0928. The Hall–Kier alpha value is -1.49. The van der Waals surface area contributed by atoms with Crippen LogP contribution in [0.1, 0.15) is 19.1 Å². The average molecular weight is 266 g/mol. The van der Waals surface area contributed by atoms with Gasteiger partial charge in [-0.25, -0.2) is 4.79 Å². The van der Waals surface area contributed by atoms with Crippen LogP contribution < -0.4 is 0 Å². The zero-order valence-electron chi connectivity index (χ0n) is 11.7. The largest absolute Gasteiger partial charge is 0.469 e. The fourth-order valence-electron chi connectivity index (χ4n) is 2.17. The second-order valence-corrected chi connectivity index (χ2v) is 4.96. The summed E-state index contributed by atoms with van der Waals surface area (Å²) in [6, 6.07) is 4.15. The molecular formula is C14H22N2O3. The number of hydrogen-bond donors (Lipinski definition) is 0. The zero-order chi connectivity index (χ0) is 13.7. The van der Waals surface area contributed by atoms with Crippen LogP contribution in [-0.4, -0.2) is 55.2 Å². The first-order chi connectivity index (χ1) is 9.18. The van der Waals surface area contributed by atoms with E-state index in [1.54, 1.807) is 6.26 Å². The number of nitrogens with zero attached hydrogens (tertiary/aromatic N) is 2. The third kappa shape index (κ3) is 3.73. The van der Waals surface area contributed by atoms with Crippen molar-refractivity contribution in [1.82, 2.24) is 9.80 Å². The summed E-state index contributed by atoms with van der Waals surface area (Å²) in [6.45, 7) is 4.73. The molecule has 0 unspecified atom stereocenters. The molecule has 106 valence electrons. The van der Waals surface area contributed by atoms with E-state index in [1.165, 1.54) is 0 Å². The number of aryl methyl sites for hydroxylation is 1. The van der Waals surface area contributed by atoms with Crippen LogP contribution in [-0.2, 0) is 11.2 Å². The standard InChI is InChI=1S/C14H22N2O3/c1-12(5-6-13-4-3-9-19-13)15(2)14(17)16-7-10-18-11-8-16/h3-4,9,12H,5-8,10-11H2,1-2H3/t12-/m0/s1. The number of furan rings is 1. The molecule has 1 aromatic rings. The molecule has 2 amide bonds. The third-order valence-corrected chi connectivity index (χ3v) is 3.63. The minimum Gasteiger partial charge on any atom is -0.469 e. The highest BCUT2D eigenvalue weighted by molar-refractivity contribution is 5.74. The molecule has 0 bridgehead atoms. The average Bonchev–Trinajstić information content (AvgIpc) is 2.97. The summed E-state index contributed by atoms with van der Waals surface area (Å²) in [4.78, 5) is 15.9. The fraction of sp³-hybridized carbons (Fsp3) is 0.643. The van der Waals surface area contributed by atoms with Crippen molar-refractivity contribution in [2.24, 2.45) is 0 Å². The monoisotopic (exact) mass is 266 g/mol. The first kappa shape index (κ1) is 13.9. The van der Waals surface area contributed by atoms with Gasteiger partial charge in [-0.05, 0) is 25.5 Å². The van der Waals surface area contributed by atoms with E-state index in [-0.39, 0.29) is 12.1 Å². The van der Waals surface area contributed by atoms with Gasteiger partial charge in [0.05, 0.1) is 19.5 Å². The van der Waals surface area contributed by atoms with Crippen molar-refractivity contribution in [2.45, 2.75) is 25.8 Å². The van der Waals surface area contributed by atoms with E-state index >= 15 is 0 Å². The molecule has 5 nitrogen and oxygen atoms in total. The maximum atomic E-state index is 12.3. The van der Waals surface area contributed by atoms with Gasteiger partial charge in [-0.3, -0.25) is 0 Å². The summed E-state index contributed by atoms with van der Waals surface area (Å²) < 4.78 is 10.6. The Morgan fingerprint density at radius 2 is 2.21 bits per heavy atom. The number of carbonyl (C=O) groups is 1. The van der Waals surface area contributed by atoms with Crippen molar-refractivity contribution in [2.75, 3.05) is 33.4 Å². The second kappa shape index (κ2) is 6.61. The van der Waals surface area contributed by atoms with E-state index in [1.807, 2.05) is 29.0 Å². The SMILES string of the molecule is C[C@@H](CCc1ccco1)N(C)C(=O)N1CCOCC1. The van der Waals surface area contributed by atoms with E-state index in [0.717, 1.165) is 18.6 Å². The second-order valence-electron chi connectivity index (χ2n) is 4.96. The Labute approximate surface area is 114 Å². The van der Waals surface area contributed by atoms with Gasteiger partial charge in [-0.2, -0.15) is 0 Å². The highest BCUT2D eigenvalue weighted by Gasteiger charge is 2.23. The molecule has 5 heteroatoms. The van der Waals surface area contributed by atoms with E-state index in [9.17, 15) is 4.79 Å². The van der Waals surface area contributed by atoms with Crippen molar-refractivity contribution in [3.05, 3.63) is 24.2 Å². The molecule has 0 aromatic carbocycles. The molecule has 2 heterocycles. The molecule has 0 radical (unpaired) electrons. The first-order valence-electron chi connectivity index (χ1n) is 6.80. The van der Waals surface area contributed by atoms with Crippen LogP contribution in [0.15, 0.2) is 22.8 Å². The van der Waals surface area contributed by atoms with Crippen LogP contribution in [0.2, 0.25) is 0 Å². The normalized spacial score (nSPS) is 17.3. The van der Waals surface area contributed by atoms with Crippen LogP contribution in [0.25, 0.3) is 0 Å². The Morgan fingerprint density at radius 3 is 2.84 bits per heavy atom. The van der Waals surface area contributed by atoms with Gasteiger partial charge < -0.3 is 19.0 Å². The Bertz CT molecular complexity index is 385. The third-order valence-electron chi connectivity index (χ3n) is 3.63. The van der Waals surface area contributed by atoms with Crippen LogP contribution in [0, 0.1) is 0 Å². The van der Waals surface area contributed by atoms with Gasteiger partial charge in [0.1, 0.15) is 5.76 Å². The predicted octanol–water partition coefficient (Wildman–Crippen LogP) is 1.98.